The maximum Gasteiger partial charge on any atom is 0.434 e. The summed E-state index contributed by atoms with van der Waals surface area (Å²) in [6.45, 7) is 3.20. The van der Waals surface area contributed by atoms with Crippen molar-refractivity contribution in [2.24, 2.45) is 5.92 Å². The van der Waals surface area contributed by atoms with E-state index in [0.717, 1.165) is 7.11 Å². The van der Waals surface area contributed by atoms with Crippen molar-refractivity contribution in [1.82, 2.24) is 14.8 Å². The molecule has 2 heterocycles. The van der Waals surface area contributed by atoms with Crippen molar-refractivity contribution >= 4 is 34.5 Å². The smallest absolute Gasteiger partial charge is 0.434 e. The summed E-state index contributed by atoms with van der Waals surface area (Å²) < 4.78 is 73.6. The summed E-state index contributed by atoms with van der Waals surface area (Å²) in [6.07, 6.45) is -6.51. The first-order valence-corrected chi connectivity index (χ1v) is 9.21. The first-order chi connectivity index (χ1) is 13.4. The molecule has 0 amide bonds. The Hall–Kier alpha value is -2.12. The molecule has 2 aromatic rings. The van der Waals surface area contributed by atoms with Gasteiger partial charge in [-0.15, -0.1) is 0 Å². The van der Waals surface area contributed by atoms with Gasteiger partial charge in [0, 0.05) is 6.20 Å². The molecule has 158 valence electrons. The second kappa shape index (κ2) is 8.71. The molecule has 12 heteroatoms. The fourth-order valence-corrected chi connectivity index (χ4v) is 3.11. The lowest BCUT2D eigenvalue weighted by atomic mass is 9.90. The van der Waals surface area contributed by atoms with Gasteiger partial charge >= 0.3 is 12.1 Å². The molecule has 0 fully saturated rings. The molecule has 0 aromatic carbocycles. The average molecular weight is 531 g/mol. The number of alkyl halides is 5. The molecule has 2 rings (SSSR count). The first-order valence-electron chi connectivity index (χ1n) is 8.13. The van der Waals surface area contributed by atoms with Crippen LogP contribution in [0.3, 0.4) is 0 Å². The molecule has 29 heavy (non-hydrogen) atoms. The molecule has 0 aliphatic carbocycles. The molecule has 0 radical (unpaired) electrons. The Labute approximate surface area is 175 Å². The minimum atomic E-state index is -5.22. The highest BCUT2D eigenvalue weighted by molar-refractivity contribution is 14.1. The summed E-state index contributed by atoms with van der Waals surface area (Å²) in [5.74, 6) is -2.92. The fraction of sp³-hybridized carbons (Fsp3) is 0.412. The first kappa shape index (κ1) is 23.2. The molecule has 6 nitrogen and oxygen atoms in total. The van der Waals surface area contributed by atoms with Crippen LogP contribution in [0.5, 0.6) is 0 Å². The zero-order valence-electron chi connectivity index (χ0n) is 15.4. The standard InChI is InChI=1S/C17H15F5IN3O3/c1-7(2)4-9-10(15(27)26-6-8(23)5-24-26)12(14(18)19)25-13(17(20,21)22)11(9)16(28)29-3/h5-7,14H,4H2,1-3H3. The van der Waals surface area contributed by atoms with E-state index in [9.17, 15) is 31.5 Å². The molecule has 0 saturated heterocycles. The largest absolute Gasteiger partial charge is 0.465 e. The van der Waals surface area contributed by atoms with E-state index in [0.29, 0.717) is 8.25 Å². The lowest BCUT2D eigenvalue weighted by molar-refractivity contribution is -0.142. The number of rotatable bonds is 5. The van der Waals surface area contributed by atoms with Gasteiger partial charge in [-0.1, -0.05) is 13.8 Å². The second-order valence-electron chi connectivity index (χ2n) is 6.37. The Morgan fingerprint density at radius 2 is 1.86 bits per heavy atom. The Morgan fingerprint density at radius 1 is 1.24 bits per heavy atom. The Bertz CT molecular complexity index is 941. The molecule has 0 saturated carbocycles. The van der Waals surface area contributed by atoms with Gasteiger partial charge in [0.1, 0.15) is 5.69 Å². The highest BCUT2D eigenvalue weighted by atomic mass is 127. The van der Waals surface area contributed by atoms with Gasteiger partial charge in [0.05, 0.1) is 28.0 Å². The van der Waals surface area contributed by atoms with Gasteiger partial charge in [-0.3, -0.25) is 4.79 Å². The molecule has 0 bridgehead atoms. The second-order valence-corrected chi connectivity index (χ2v) is 7.62. The van der Waals surface area contributed by atoms with Gasteiger partial charge in [0.15, 0.2) is 5.69 Å². The van der Waals surface area contributed by atoms with Gasteiger partial charge in [-0.25, -0.2) is 23.2 Å². The molecule has 0 atom stereocenters. The molecular weight excluding hydrogens is 516 g/mol. The third-order valence-corrected chi connectivity index (χ3v) is 4.34. The third kappa shape index (κ3) is 4.90. The number of nitrogens with zero attached hydrogens (tertiary/aromatic N) is 3. The van der Waals surface area contributed by atoms with Crippen molar-refractivity contribution in [3.05, 3.63) is 44.0 Å². The Kier molecular flexibility index (Phi) is 6.96. The van der Waals surface area contributed by atoms with E-state index < -0.39 is 52.6 Å². The van der Waals surface area contributed by atoms with Crippen LogP contribution < -0.4 is 0 Å². The predicted molar refractivity (Wildman–Crippen MR) is 98.8 cm³/mol. The normalized spacial score (nSPS) is 12.0. The minimum absolute atomic E-state index is 0.269. The van der Waals surface area contributed by atoms with Crippen LogP contribution in [0.25, 0.3) is 0 Å². The summed E-state index contributed by atoms with van der Waals surface area (Å²) in [7, 11) is 0.847. The average Bonchev–Trinajstić information content (AvgIpc) is 3.04. The van der Waals surface area contributed by atoms with Crippen LogP contribution in [0, 0.1) is 9.49 Å². The van der Waals surface area contributed by atoms with E-state index >= 15 is 0 Å². The molecular formula is C17H15F5IN3O3. The molecule has 0 unspecified atom stereocenters. The summed E-state index contributed by atoms with van der Waals surface area (Å²) in [5.41, 5.74) is -5.53. The lowest BCUT2D eigenvalue weighted by Crippen LogP contribution is -2.27. The Balaban J connectivity index is 2.99. The van der Waals surface area contributed by atoms with Crippen molar-refractivity contribution in [3.63, 3.8) is 0 Å². The van der Waals surface area contributed by atoms with Crippen LogP contribution in [-0.4, -0.2) is 33.8 Å². The van der Waals surface area contributed by atoms with Crippen LogP contribution in [0.2, 0.25) is 0 Å². The molecule has 0 N–H and O–H groups in total. The van der Waals surface area contributed by atoms with Gasteiger partial charge in [-0.2, -0.15) is 18.3 Å². The number of aromatic nitrogens is 3. The van der Waals surface area contributed by atoms with Crippen LogP contribution in [0.1, 0.15) is 57.9 Å². The van der Waals surface area contributed by atoms with E-state index in [2.05, 4.69) is 14.8 Å². The van der Waals surface area contributed by atoms with E-state index in [1.54, 1.807) is 13.8 Å². The van der Waals surface area contributed by atoms with Crippen molar-refractivity contribution in [2.45, 2.75) is 32.9 Å². The molecule has 2 aromatic heterocycles. The number of esters is 1. The van der Waals surface area contributed by atoms with Crippen LogP contribution in [-0.2, 0) is 17.3 Å². The Morgan fingerprint density at radius 3 is 2.28 bits per heavy atom. The van der Waals surface area contributed by atoms with E-state index in [1.165, 1.54) is 12.4 Å². The lowest BCUT2D eigenvalue weighted by Gasteiger charge is -2.21. The summed E-state index contributed by atoms with van der Waals surface area (Å²) >= 11 is 1.82. The van der Waals surface area contributed by atoms with E-state index in [-0.39, 0.29) is 12.3 Å². The summed E-state index contributed by atoms with van der Waals surface area (Å²) in [6, 6.07) is 0. The molecule has 0 aliphatic rings. The molecule has 0 aliphatic heterocycles. The number of hydrogen-bond acceptors (Lipinski definition) is 5. The summed E-state index contributed by atoms with van der Waals surface area (Å²) in [4.78, 5) is 28.1. The number of carbonyl (C=O) groups excluding carboxylic acids is 2. The highest BCUT2D eigenvalue weighted by Gasteiger charge is 2.43. The highest BCUT2D eigenvalue weighted by Crippen LogP contribution is 2.38. The quantitative estimate of drug-likeness (QED) is 0.323. The van der Waals surface area contributed by atoms with E-state index in [4.69, 9.17) is 0 Å². The summed E-state index contributed by atoms with van der Waals surface area (Å²) in [5, 5.41) is 3.73. The van der Waals surface area contributed by atoms with Crippen molar-refractivity contribution in [2.75, 3.05) is 7.11 Å². The zero-order valence-corrected chi connectivity index (χ0v) is 17.5. The van der Waals surface area contributed by atoms with Crippen LogP contribution >= 0.6 is 22.6 Å². The SMILES string of the molecule is COC(=O)c1c(C(F)(F)F)nc(C(F)F)c(C(=O)n2cc(I)cn2)c1CC(C)C. The number of pyridine rings is 1. The number of hydrogen-bond donors (Lipinski definition) is 0. The monoisotopic (exact) mass is 531 g/mol. The van der Waals surface area contributed by atoms with Gasteiger partial charge < -0.3 is 4.74 Å². The predicted octanol–water partition coefficient (Wildman–Crippen LogP) is 4.51. The van der Waals surface area contributed by atoms with Crippen molar-refractivity contribution < 1.29 is 36.3 Å². The minimum Gasteiger partial charge on any atom is -0.465 e. The van der Waals surface area contributed by atoms with Crippen LogP contribution in [0.4, 0.5) is 22.0 Å². The van der Waals surface area contributed by atoms with Crippen LogP contribution in [0.15, 0.2) is 12.4 Å². The number of methoxy groups -OCH3 is 1. The third-order valence-electron chi connectivity index (χ3n) is 3.78. The van der Waals surface area contributed by atoms with Crippen molar-refractivity contribution in [1.29, 1.82) is 0 Å². The number of carbonyl (C=O) groups is 2. The van der Waals surface area contributed by atoms with Gasteiger partial charge in [-0.05, 0) is 40.5 Å². The van der Waals surface area contributed by atoms with Gasteiger partial charge in [0.25, 0.3) is 12.3 Å². The topological polar surface area (TPSA) is 74.1 Å². The van der Waals surface area contributed by atoms with Gasteiger partial charge in [0.2, 0.25) is 0 Å². The maximum atomic E-state index is 13.7. The number of ether oxygens (including phenoxy) is 1. The number of halogens is 6. The van der Waals surface area contributed by atoms with Crippen molar-refractivity contribution in [3.8, 4) is 0 Å². The molecule has 0 spiro atoms. The maximum absolute atomic E-state index is 13.7. The zero-order chi connectivity index (χ0) is 22.1. The van der Waals surface area contributed by atoms with E-state index in [1.807, 2.05) is 22.6 Å². The fourth-order valence-electron chi connectivity index (χ4n) is 2.72.